The molecular weight excluding hydrogens is 471 g/mol. The van der Waals surface area contributed by atoms with Crippen molar-refractivity contribution in [2.75, 3.05) is 33.4 Å². The van der Waals surface area contributed by atoms with Crippen molar-refractivity contribution in [2.24, 2.45) is 4.99 Å². The van der Waals surface area contributed by atoms with Gasteiger partial charge in [-0.1, -0.05) is 6.07 Å². The Morgan fingerprint density at radius 2 is 2.25 bits per heavy atom. The van der Waals surface area contributed by atoms with Gasteiger partial charge in [0.2, 0.25) is 0 Å². The average Bonchev–Trinajstić information content (AvgIpc) is 3.36. The van der Waals surface area contributed by atoms with Crippen LogP contribution in [0.4, 0.5) is 0 Å². The van der Waals surface area contributed by atoms with Crippen LogP contribution >= 0.6 is 24.0 Å². The Morgan fingerprint density at radius 3 is 2.89 bits per heavy atom. The molecule has 1 atom stereocenters. The highest BCUT2D eigenvalue weighted by molar-refractivity contribution is 14.0. The number of nitrogens with zero attached hydrogens (tertiary/aromatic N) is 4. The van der Waals surface area contributed by atoms with Crippen LogP contribution in [0.3, 0.4) is 0 Å². The molecule has 2 aromatic rings. The Bertz CT molecular complexity index is 728. The standard InChI is InChI=1S/C19H28N6O2.HI/c1-15-21-8-9-25(15)18-5-4-16(12-23-18)13-24-19(20-2)22-7-3-10-27-17-6-11-26-14-17;/h4-5,8-9,12,17H,3,6-7,10-11,13-14H2,1-2H3,(H2,20,22,24);1H. The van der Waals surface area contributed by atoms with E-state index in [0.29, 0.717) is 6.54 Å². The number of aliphatic imine (C=N–C) groups is 1. The first-order valence-electron chi connectivity index (χ1n) is 9.35. The number of rotatable bonds is 8. The minimum Gasteiger partial charge on any atom is -0.379 e. The maximum Gasteiger partial charge on any atom is 0.191 e. The first kappa shape index (κ1) is 22.6. The first-order chi connectivity index (χ1) is 13.3. The van der Waals surface area contributed by atoms with Gasteiger partial charge in [0.15, 0.2) is 5.96 Å². The van der Waals surface area contributed by atoms with E-state index in [-0.39, 0.29) is 30.1 Å². The number of hydrogen-bond acceptors (Lipinski definition) is 5. The van der Waals surface area contributed by atoms with Crippen LogP contribution in [0.1, 0.15) is 24.2 Å². The molecule has 2 N–H and O–H groups in total. The molecule has 2 aromatic heterocycles. The molecule has 1 saturated heterocycles. The lowest BCUT2D eigenvalue weighted by atomic mass is 10.3. The molecule has 0 aromatic carbocycles. The molecule has 154 valence electrons. The number of ether oxygens (including phenoxy) is 2. The van der Waals surface area contributed by atoms with E-state index in [9.17, 15) is 0 Å². The third-order valence-corrected chi connectivity index (χ3v) is 4.42. The zero-order valence-electron chi connectivity index (χ0n) is 16.4. The maximum atomic E-state index is 5.76. The summed E-state index contributed by atoms with van der Waals surface area (Å²) in [6.45, 7) is 5.70. The van der Waals surface area contributed by atoms with Gasteiger partial charge in [-0.2, -0.15) is 0 Å². The first-order valence-corrected chi connectivity index (χ1v) is 9.35. The SMILES string of the molecule is CN=C(NCCCOC1CCOC1)NCc1ccc(-n2ccnc2C)nc1.I. The third-order valence-electron chi connectivity index (χ3n) is 4.42. The lowest BCUT2D eigenvalue weighted by Gasteiger charge is -2.13. The molecule has 1 fully saturated rings. The van der Waals surface area contributed by atoms with Gasteiger partial charge in [0.1, 0.15) is 11.6 Å². The lowest BCUT2D eigenvalue weighted by Crippen LogP contribution is -2.37. The zero-order valence-corrected chi connectivity index (χ0v) is 18.8. The molecular formula is C19H29IN6O2. The van der Waals surface area contributed by atoms with E-state index in [0.717, 1.165) is 62.4 Å². The van der Waals surface area contributed by atoms with E-state index >= 15 is 0 Å². The highest BCUT2D eigenvalue weighted by Gasteiger charge is 2.15. The van der Waals surface area contributed by atoms with Crippen LogP contribution in [0.25, 0.3) is 5.82 Å². The molecule has 28 heavy (non-hydrogen) atoms. The van der Waals surface area contributed by atoms with E-state index in [4.69, 9.17) is 9.47 Å². The fourth-order valence-electron chi connectivity index (χ4n) is 2.86. The second-order valence-electron chi connectivity index (χ2n) is 6.43. The number of aromatic nitrogens is 3. The summed E-state index contributed by atoms with van der Waals surface area (Å²) in [6.07, 6.45) is 7.75. The van der Waals surface area contributed by atoms with E-state index in [1.807, 2.05) is 30.0 Å². The summed E-state index contributed by atoms with van der Waals surface area (Å²) < 4.78 is 13.0. The van der Waals surface area contributed by atoms with Crippen molar-refractivity contribution in [3.8, 4) is 5.82 Å². The molecule has 0 spiro atoms. The zero-order chi connectivity index (χ0) is 18.9. The molecule has 0 aliphatic carbocycles. The predicted molar refractivity (Wildman–Crippen MR) is 120 cm³/mol. The minimum atomic E-state index is 0. The van der Waals surface area contributed by atoms with Gasteiger partial charge in [-0.25, -0.2) is 9.97 Å². The summed E-state index contributed by atoms with van der Waals surface area (Å²) in [6, 6.07) is 4.05. The predicted octanol–water partition coefficient (Wildman–Crippen LogP) is 2.05. The molecule has 0 saturated carbocycles. The van der Waals surface area contributed by atoms with Crippen molar-refractivity contribution in [3.63, 3.8) is 0 Å². The van der Waals surface area contributed by atoms with Crippen molar-refractivity contribution < 1.29 is 9.47 Å². The highest BCUT2D eigenvalue weighted by atomic mass is 127. The number of guanidine groups is 1. The second-order valence-corrected chi connectivity index (χ2v) is 6.43. The van der Waals surface area contributed by atoms with Gasteiger partial charge in [0, 0.05) is 51.9 Å². The summed E-state index contributed by atoms with van der Waals surface area (Å²) in [4.78, 5) is 13.0. The number of aryl methyl sites for hydroxylation is 1. The van der Waals surface area contributed by atoms with E-state index in [1.54, 1.807) is 13.2 Å². The molecule has 1 aliphatic heterocycles. The van der Waals surface area contributed by atoms with Gasteiger partial charge in [-0.05, 0) is 31.4 Å². The van der Waals surface area contributed by atoms with Gasteiger partial charge < -0.3 is 20.1 Å². The average molecular weight is 500 g/mol. The Kier molecular flexibility index (Phi) is 9.65. The monoisotopic (exact) mass is 500 g/mol. The van der Waals surface area contributed by atoms with Crippen molar-refractivity contribution >= 4 is 29.9 Å². The van der Waals surface area contributed by atoms with Crippen LogP contribution in [0.15, 0.2) is 35.7 Å². The quantitative estimate of drug-likeness (QED) is 0.250. The molecule has 8 nitrogen and oxygen atoms in total. The summed E-state index contributed by atoms with van der Waals surface area (Å²) in [7, 11) is 1.77. The summed E-state index contributed by atoms with van der Waals surface area (Å²) in [5.74, 6) is 2.56. The van der Waals surface area contributed by atoms with Crippen LogP contribution in [0, 0.1) is 6.92 Å². The minimum absolute atomic E-state index is 0. The normalized spacial score (nSPS) is 16.6. The van der Waals surface area contributed by atoms with Crippen molar-refractivity contribution in [1.82, 2.24) is 25.2 Å². The molecule has 9 heteroatoms. The highest BCUT2D eigenvalue weighted by Crippen LogP contribution is 2.09. The van der Waals surface area contributed by atoms with Crippen LogP contribution < -0.4 is 10.6 Å². The number of pyridine rings is 1. The Balaban J connectivity index is 0.00000280. The van der Waals surface area contributed by atoms with E-state index < -0.39 is 0 Å². The molecule has 0 radical (unpaired) electrons. The van der Waals surface area contributed by atoms with E-state index in [1.165, 1.54) is 0 Å². The number of halogens is 1. The lowest BCUT2D eigenvalue weighted by molar-refractivity contribution is 0.0420. The largest absolute Gasteiger partial charge is 0.379 e. The topological polar surface area (TPSA) is 85.6 Å². The fourth-order valence-corrected chi connectivity index (χ4v) is 2.86. The van der Waals surface area contributed by atoms with Gasteiger partial charge >= 0.3 is 0 Å². The van der Waals surface area contributed by atoms with Gasteiger partial charge in [-0.3, -0.25) is 9.56 Å². The molecule has 0 bridgehead atoms. The summed E-state index contributed by atoms with van der Waals surface area (Å²) in [5.41, 5.74) is 1.09. The van der Waals surface area contributed by atoms with Crippen LogP contribution in [-0.2, 0) is 16.0 Å². The smallest absolute Gasteiger partial charge is 0.191 e. The third kappa shape index (κ3) is 6.71. The number of nitrogens with one attached hydrogen (secondary N) is 2. The summed E-state index contributed by atoms with van der Waals surface area (Å²) >= 11 is 0. The van der Waals surface area contributed by atoms with Crippen LogP contribution in [0.2, 0.25) is 0 Å². The number of imidazole rings is 1. The Hall–Kier alpha value is -1.72. The van der Waals surface area contributed by atoms with Crippen LogP contribution in [0.5, 0.6) is 0 Å². The van der Waals surface area contributed by atoms with Gasteiger partial charge in [0.05, 0.1) is 12.7 Å². The van der Waals surface area contributed by atoms with E-state index in [2.05, 4.69) is 31.7 Å². The van der Waals surface area contributed by atoms with Gasteiger partial charge in [-0.15, -0.1) is 24.0 Å². The molecule has 1 aliphatic rings. The molecule has 0 amide bonds. The Morgan fingerprint density at radius 1 is 1.36 bits per heavy atom. The molecule has 3 heterocycles. The fraction of sp³-hybridized carbons (Fsp3) is 0.526. The molecule has 3 rings (SSSR count). The number of hydrogen-bond donors (Lipinski definition) is 2. The van der Waals surface area contributed by atoms with Crippen molar-refractivity contribution in [1.29, 1.82) is 0 Å². The molecule has 1 unspecified atom stereocenters. The van der Waals surface area contributed by atoms with Crippen molar-refractivity contribution in [2.45, 2.75) is 32.4 Å². The van der Waals surface area contributed by atoms with Crippen molar-refractivity contribution in [3.05, 3.63) is 42.1 Å². The summed E-state index contributed by atoms with van der Waals surface area (Å²) in [5, 5.41) is 6.60. The Labute approximate surface area is 183 Å². The van der Waals surface area contributed by atoms with Gasteiger partial charge in [0.25, 0.3) is 0 Å². The maximum absolute atomic E-state index is 5.76. The second kappa shape index (κ2) is 12.0. The van der Waals surface area contributed by atoms with Crippen LogP contribution in [-0.4, -0.2) is 60.0 Å².